The Morgan fingerprint density at radius 1 is 1.56 bits per heavy atom. The molecule has 1 radical (unpaired) electrons. The SMILES string of the molecule is CC[CH]CS(=O)(=O)NC. The maximum Gasteiger partial charge on any atom is 0.211 e. The summed E-state index contributed by atoms with van der Waals surface area (Å²) in [5.41, 5.74) is 0. The van der Waals surface area contributed by atoms with Gasteiger partial charge in [-0.2, -0.15) is 0 Å². The summed E-state index contributed by atoms with van der Waals surface area (Å²) >= 11 is 0. The molecule has 55 valence electrons. The molecule has 0 unspecified atom stereocenters. The Bertz CT molecular complexity index is 150. The lowest BCUT2D eigenvalue weighted by atomic mass is 10.4. The van der Waals surface area contributed by atoms with Gasteiger partial charge in [0.05, 0.1) is 5.75 Å². The summed E-state index contributed by atoms with van der Waals surface area (Å²) in [6, 6.07) is 0. The van der Waals surface area contributed by atoms with Gasteiger partial charge in [0.2, 0.25) is 10.0 Å². The molecular weight excluding hydrogens is 138 g/mol. The van der Waals surface area contributed by atoms with Crippen molar-refractivity contribution in [1.29, 1.82) is 0 Å². The molecule has 0 bridgehead atoms. The monoisotopic (exact) mass is 150 g/mol. The summed E-state index contributed by atoms with van der Waals surface area (Å²) in [6.07, 6.45) is 2.51. The molecule has 0 atom stereocenters. The second-order valence-corrected chi connectivity index (χ2v) is 3.65. The average molecular weight is 150 g/mol. The van der Waals surface area contributed by atoms with Crippen LogP contribution in [0.2, 0.25) is 0 Å². The van der Waals surface area contributed by atoms with Crippen LogP contribution in [0.15, 0.2) is 0 Å². The van der Waals surface area contributed by atoms with Gasteiger partial charge >= 0.3 is 0 Å². The molecule has 0 aliphatic rings. The van der Waals surface area contributed by atoms with E-state index in [0.717, 1.165) is 6.42 Å². The van der Waals surface area contributed by atoms with E-state index in [0.29, 0.717) is 0 Å². The van der Waals surface area contributed by atoms with E-state index < -0.39 is 10.0 Å². The molecule has 1 N–H and O–H groups in total. The first-order valence-electron chi connectivity index (χ1n) is 2.85. The van der Waals surface area contributed by atoms with Crippen molar-refractivity contribution in [2.24, 2.45) is 0 Å². The molecule has 0 heterocycles. The topological polar surface area (TPSA) is 46.2 Å². The number of sulfonamides is 1. The van der Waals surface area contributed by atoms with Crippen LogP contribution >= 0.6 is 0 Å². The molecular formula is C5H12NO2S. The largest absolute Gasteiger partial charge is 0.218 e. The minimum Gasteiger partial charge on any atom is -0.218 e. The molecule has 0 aromatic rings. The second-order valence-electron chi connectivity index (χ2n) is 1.68. The zero-order valence-corrected chi connectivity index (χ0v) is 6.53. The van der Waals surface area contributed by atoms with Crippen molar-refractivity contribution in [3.8, 4) is 0 Å². The third kappa shape index (κ3) is 4.42. The van der Waals surface area contributed by atoms with E-state index in [4.69, 9.17) is 0 Å². The zero-order chi connectivity index (χ0) is 7.33. The number of rotatable bonds is 4. The first kappa shape index (κ1) is 8.91. The van der Waals surface area contributed by atoms with Gasteiger partial charge in [-0.3, -0.25) is 0 Å². The highest BCUT2D eigenvalue weighted by Gasteiger charge is 2.03. The highest BCUT2D eigenvalue weighted by Crippen LogP contribution is 1.89. The first-order valence-corrected chi connectivity index (χ1v) is 4.50. The molecule has 0 aromatic carbocycles. The summed E-state index contributed by atoms with van der Waals surface area (Å²) < 4.78 is 23.4. The fourth-order valence-corrected chi connectivity index (χ4v) is 1.07. The highest BCUT2D eigenvalue weighted by molar-refractivity contribution is 7.89. The van der Waals surface area contributed by atoms with Crippen LogP contribution in [-0.4, -0.2) is 21.2 Å². The van der Waals surface area contributed by atoms with E-state index >= 15 is 0 Å². The summed E-state index contributed by atoms with van der Waals surface area (Å²) in [4.78, 5) is 0. The fraction of sp³-hybridized carbons (Fsp3) is 0.800. The molecule has 0 saturated heterocycles. The van der Waals surface area contributed by atoms with E-state index in [1.54, 1.807) is 6.42 Å². The van der Waals surface area contributed by atoms with E-state index in [9.17, 15) is 8.42 Å². The Kier molecular flexibility index (Phi) is 3.81. The molecule has 9 heavy (non-hydrogen) atoms. The average Bonchev–Trinajstić information content (AvgIpc) is 1.84. The van der Waals surface area contributed by atoms with Crippen molar-refractivity contribution in [2.75, 3.05) is 12.8 Å². The lowest BCUT2D eigenvalue weighted by molar-refractivity contribution is 0.589. The Labute approximate surface area is 56.5 Å². The molecule has 0 aliphatic carbocycles. The van der Waals surface area contributed by atoms with Crippen molar-refractivity contribution in [3.63, 3.8) is 0 Å². The summed E-state index contributed by atoms with van der Waals surface area (Å²) in [7, 11) is -1.57. The molecule has 0 aromatic heterocycles. The van der Waals surface area contributed by atoms with Gasteiger partial charge < -0.3 is 0 Å². The normalized spacial score (nSPS) is 11.8. The van der Waals surface area contributed by atoms with Crippen molar-refractivity contribution in [1.82, 2.24) is 4.72 Å². The third-order valence-corrected chi connectivity index (χ3v) is 2.23. The van der Waals surface area contributed by atoms with Crippen LogP contribution in [0.1, 0.15) is 13.3 Å². The van der Waals surface area contributed by atoms with Gasteiger partial charge in [0.25, 0.3) is 0 Å². The van der Waals surface area contributed by atoms with Gasteiger partial charge in [0.1, 0.15) is 0 Å². The Morgan fingerprint density at radius 3 is 2.44 bits per heavy atom. The molecule has 3 nitrogen and oxygen atoms in total. The minimum atomic E-state index is -2.99. The maximum atomic E-state index is 10.6. The zero-order valence-electron chi connectivity index (χ0n) is 5.72. The first-order chi connectivity index (χ1) is 4.12. The van der Waals surface area contributed by atoms with Crippen LogP contribution < -0.4 is 4.72 Å². The van der Waals surface area contributed by atoms with Crippen molar-refractivity contribution < 1.29 is 8.42 Å². The number of hydrogen-bond donors (Lipinski definition) is 1. The van der Waals surface area contributed by atoms with Crippen LogP contribution in [0, 0.1) is 6.42 Å². The third-order valence-electron chi connectivity index (χ3n) is 0.937. The van der Waals surface area contributed by atoms with Crippen LogP contribution in [0.25, 0.3) is 0 Å². The predicted octanol–water partition coefficient (Wildman–Crippen LogP) is 0.150. The van der Waals surface area contributed by atoms with Crippen LogP contribution in [-0.2, 0) is 10.0 Å². The summed E-state index contributed by atoms with van der Waals surface area (Å²) in [6.45, 7) is 1.91. The summed E-state index contributed by atoms with van der Waals surface area (Å²) in [5.74, 6) is 0.125. The van der Waals surface area contributed by atoms with E-state index in [2.05, 4.69) is 4.72 Å². The number of hydrogen-bond acceptors (Lipinski definition) is 2. The van der Waals surface area contributed by atoms with E-state index in [1.807, 2.05) is 6.92 Å². The Hall–Kier alpha value is -0.0900. The molecule has 0 fully saturated rings. The van der Waals surface area contributed by atoms with E-state index in [1.165, 1.54) is 7.05 Å². The molecule has 0 rings (SSSR count). The lowest BCUT2D eigenvalue weighted by Gasteiger charge is -1.97. The van der Waals surface area contributed by atoms with Gasteiger partial charge in [-0.1, -0.05) is 13.3 Å². The van der Waals surface area contributed by atoms with Crippen LogP contribution in [0.5, 0.6) is 0 Å². The Morgan fingerprint density at radius 2 is 2.11 bits per heavy atom. The number of unbranched alkanes of at least 4 members (excludes halogenated alkanes) is 1. The van der Waals surface area contributed by atoms with Gasteiger partial charge in [0, 0.05) is 0 Å². The van der Waals surface area contributed by atoms with Crippen LogP contribution in [0.4, 0.5) is 0 Å². The second kappa shape index (κ2) is 3.85. The standard InChI is InChI=1S/C5H12NO2S/c1-3-4-5-9(7,8)6-2/h4,6H,3,5H2,1-2H3. The maximum absolute atomic E-state index is 10.6. The predicted molar refractivity (Wildman–Crippen MR) is 37.4 cm³/mol. The Balaban J connectivity index is 3.61. The summed E-state index contributed by atoms with van der Waals surface area (Å²) in [5, 5.41) is 0. The fourth-order valence-electron chi connectivity index (χ4n) is 0.356. The van der Waals surface area contributed by atoms with Gasteiger partial charge in [0.15, 0.2) is 0 Å². The minimum absolute atomic E-state index is 0.125. The molecule has 0 aliphatic heterocycles. The van der Waals surface area contributed by atoms with Gasteiger partial charge in [-0.15, -0.1) is 0 Å². The molecule has 0 saturated carbocycles. The number of nitrogens with one attached hydrogen (secondary N) is 1. The smallest absolute Gasteiger partial charge is 0.211 e. The van der Waals surface area contributed by atoms with Gasteiger partial charge in [-0.05, 0) is 13.5 Å². The van der Waals surface area contributed by atoms with Crippen molar-refractivity contribution in [2.45, 2.75) is 13.3 Å². The lowest BCUT2D eigenvalue weighted by Crippen LogP contribution is -2.21. The van der Waals surface area contributed by atoms with Crippen molar-refractivity contribution in [3.05, 3.63) is 6.42 Å². The van der Waals surface area contributed by atoms with Crippen LogP contribution in [0.3, 0.4) is 0 Å². The molecule has 0 amide bonds. The quantitative estimate of drug-likeness (QED) is 0.620. The highest BCUT2D eigenvalue weighted by atomic mass is 32.2. The van der Waals surface area contributed by atoms with E-state index in [-0.39, 0.29) is 5.75 Å². The van der Waals surface area contributed by atoms with Gasteiger partial charge in [-0.25, -0.2) is 13.1 Å². The molecule has 0 spiro atoms. The van der Waals surface area contributed by atoms with Crippen molar-refractivity contribution >= 4 is 10.0 Å². The molecule has 4 heteroatoms.